The molecule has 5 rings (SSSR count). The van der Waals surface area contributed by atoms with E-state index in [1.54, 1.807) is 35.4 Å². The molecule has 2 heterocycles. The molecule has 1 saturated carbocycles. The highest BCUT2D eigenvalue weighted by molar-refractivity contribution is 6.01. The molecule has 0 unspecified atom stereocenters. The summed E-state index contributed by atoms with van der Waals surface area (Å²) in [6.45, 7) is 0.604. The van der Waals surface area contributed by atoms with E-state index in [-0.39, 0.29) is 18.2 Å². The van der Waals surface area contributed by atoms with Gasteiger partial charge in [0.15, 0.2) is 0 Å². The summed E-state index contributed by atoms with van der Waals surface area (Å²) in [6.07, 6.45) is 6.43. The van der Waals surface area contributed by atoms with Crippen molar-refractivity contribution >= 4 is 17.5 Å². The molecule has 12 heteroatoms. The number of benzene rings is 2. The third-order valence-corrected chi connectivity index (χ3v) is 7.52. The Bertz CT molecular complexity index is 1490. The molecule has 4 aromatic rings. The Morgan fingerprint density at radius 1 is 1.02 bits per heavy atom. The fourth-order valence-corrected chi connectivity index (χ4v) is 5.28. The fraction of sp³-hybridized carbons (Fsp3) is 0.321. The smallest absolute Gasteiger partial charge is 0.344 e. The largest absolute Gasteiger partial charge is 0.368 e. The molecule has 1 aliphatic carbocycles. The van der Waals surface area contributed by atoms with Crippen LogP contribution in [0.15, 0.2) is 65.7 Å². The van der Waals surface area contributed by atoms with Gasteiger partial charge in [-0.1, -0.05) is 24.3 Å². The average Bonchev–Trinajstić information content (AvgIpc) is 3.53. The number of carbonyl (C=O) groups excluding carboxylic acids is 2. The van der Waals surface area contributed by atoms with Gasteiger partial charge in [0.1, 0.15) is 6.04 Å². The molecule has 0 aliphatic heterocycles. The molecule has 0 saturated heterocycles. The SMILES string of the molecule is NCC1CCC(C(=O)N(c2ccc(-c3nn[nH]n3)cc2)[C@@H](Cc2cccc(-c3cnc(=O)[nH]c3)c2)C(N)=O)CC1. The molecule has 2 aromatic carbocycles. The summed E-state index contributed by atoms with van der Waals surface area (Å²) in [6, 6.07) is 13.7. The molecular weight excluding hydrogens is 510 g/mol. The first-order valence-corrected chi connectivity index (χ1v) is 13.2. The molecule has 40 heavy (non-hydrogen) atoms. The zero-order valence-electron chi connectivity index (χ0n) is 21.9. The number of amides is 2. The number of tetrazole rings is 1. The highest BCUT2D eigenvalue weighted by atomic mass is 16.2. The van der Waals surface area contributed by atoms with Crippen LogP contribution in [0.2, 0.25) is 0 Å². The van der Waals surface area contributed by atoms with Crippen LogP contribution in [-0.4, -0.2) is 55.0 Å². The average molecular weight is 542 g/mol. The van der Waals surface area contributed by atoms with Crippen molar-refractivity contribution in [3.8, 4) is 22.5 Å². The Morgan fingerprint density at radius 3 is 2.42 bits per heavy atom. The van der Waals surface area contributed by atoms with Crippen molar-refractivity contribution in [2.75, 3.05) is 11.4 Å². The standard InChI is InChI=1S/C28H31N9O3/c29-14-17-4-6-20(7-5-17)27(39)37(23-10-8-19(9-11-23)26-33-35-36-34-26)24(25(30)38)13-18-2-1-3-21(12-18)22-15-31-28(40)32-16-22/h1-3,8-12,15-17,20,24H,4-7,13-14,29H2,(H2,30,38)(H,31,32,40)(H,33,34,35,36)/t17?,20?,24-/m0/s1. The summed E-state index contributed by atoms with van der Waals surface area (Å²) >= 11 is 0. The number of nitrogens with zero attached hydrogens (tertiary/aromatic N) is 5. The molecule has 1 fully saturated rings. The van der Waals surface area contributed by atoms with Crippen LogP contribution in [0.25, 0.3) is 22.5 Å². The van der Waals surface area contributed by atoms with Gasteiger partial charge in [-0.15, -0.1) is 10.2 Å². The monoisotopic (exact) mass is 541 g/mol. The lowest BCUT2D eigenvalue weighted by molar-refractivity contribution is -0.127. The first-order valence-electron chi connectivity index (χ1n) is 13.2. The second-order valence-electron chi connectivity index (χ2n) is 10.1. The number of hydrogen-bond acceptors (Lipinski definition) is 8. The van der Waals surface area contributed by atoms with Gasteiger partial charge in [0, 0.05) is 41.5 Å². The Balaban J connectivity index is 1.48. The minimum absolute atomic E-state index is 0.132. The quantitative estimate of drug-likeness (QED) is 0.247. The Kier molecular flexibility index (Phi) is 8.06. The van der Waals surface area contributed by atoms with E-state index in [0.717, 1.165) is 29.5 Å². The topological polar surface area (TPSA) is 190 Å². The first kappa shape index (κ1) is 26.9. The fourth-order valence-electron chi connectivity index (χ4n) is 5.28. The Morgan fingerprint density at radius 2 is 1.80 bits per heavy atom. The minimum Gasteiger partial charge on any atom is -0.368 e. The molecule has 1 atom stereocenters. The molecule has 6 N–H and O–H groups in total. The molecular formula is C28H31N9O3. The zero-order chi connectivity index (χ0) is 28.1. The van der Waals surface area contributed by atoms with Gasteiger partial charge in [-0.25, -0.2) is 9.78 Å². The second kappa shape index (κ2) is 12.0. The summed E-state index contributed by atoms with van der Waals surface area (Å²) in [4.78, 5) is 46.4. The van der Waals surface area contributed by atoms with Crippen LogP contribution >= 0.6 is 0 Å². The number of hydrogen-bond donors (Lipinski definition) is 4. The van der Waals surface area contributed by atoms with Crippen molar-refractivity contribution in [1.82, 2.24) is 30.6 Å². The lowest BCUT2D eigenvalue weighted by Gasteiger charge is -2.35. The summed E-state index contributed by atoms with van der Waals surface area (Å²) in [5, 5.41) is 14.0. The minimum atomic E-state index is -0.931. The van der Waals surface area contributed by atoms with Gasteiger partial charge >= 0.3 is 5.69 Å². The number of H-pyrrole nitrogens is 2. The van der Waals surface area contributed by atoms with Crippen LogP contribution in [0, 0.1) is 11.8 Å². The van der Waals surface area contributed by atoms with E-state index in [1.807, 2.05) is 24.3 Å². The Labute approximate surface area is 230 Å². The maximum Gasteiger partial charge on any atom is 0.344 e. The number of nitrogens with one attached hydrogen (secondary N) is 2. The van der Waals surface area contributed by atoms with Gasteiger partial charge in [-0.05, 0) is 78.8 Å². The van der Waals surface area contributed by atoms with Crippen LogP contribution in [0.5, 0.6) is 0 Å². The van der Waals surface area contributed by atoms with Crippen LogP contribution < -0.4 is 22.1 Å². The van der Waals surface area contributed by atoms with Gasteiger partial charge in [0.05, 0.1) is 0 Å². The van der Waals surface area contributed by atoms with Crippen molar-refractivity contribution < 1.29 is 9.59 Å². The third kappa shape index (κ3) is 5.96. The van der Waals surface area contributed by atoms with Gasteiger partial charge in [-0.2, -0.15) is 5.21 Å². The number of rotatable bonds is 9. The number of aromatic nitrogens is 6. The van der Waals surface area contributed by atoms with Gasteiger partial charge in [0.25, 0.3) is 0 Å². The van der Waals surface area contributed by atoms with Crippen LogP contribution in [0.1, 0.15) is 31.2 Å². The molecule has 0 bridgehead atoms. The van der Waals surface area contributed by atoms with Crippen molar-refractivity contribution in [2.45, 2.75) is 38.1 Å². The molecule has 2 amide bonds. The van der Waals surface area contributed by atoms with Crippen molar-refractivity contribution in [3.05, 3.63) is 77.0 Å². The van der Waals surface area contributed by atoms with E-state index in [4.69, 9.17) is 11.5 Å². The van der Waals surface area contributed by atoms with Gasteiger partial charge in [-0.3, -0.25) is 14.5 Å². The van der Waals surface area contributed by atoms with E-state index in [1.165, 1.54) is 6.20 Å². The molecule has 0 spiro atoms. The van der Waals surface area contributed by atoms with E-state index >= 15 is 0 Å². The number of primary amides is 1. The van der Waals surface area contributed by atoms with Gasteiger partial charge in [0.2, 0.25) is 17.6 Å². The van der Waals surface area contributed by atoms with E-state index in [9.17, 15) is 14.4 Å². The number of aromatic amines is 2. The normalized spacial score (nSPS) is 17.7. The predicted molar refractivity (Wildman–Crippen MR) is 149 cm³/mol. The summed E-state index contributed by atoms with van der Waals surface area (Å²) in [7, 11) is 0. The number of nitrogens with two attached hydrogens (primary N) is 2. The van der Waals surface area contributed by atoms with E-state index < -0.39 is 17.6 Å². The Hall–Kier alpha value is -4.71. The van der Waals surface area contributed by atoms with Crippen molar-refractivity contribution in [3.63, 3.8) is 0 Å². The molecule has 2 aromatic heterocycles. The summed E-state index contributed by atoms with van der Waals surface area (Å²) < 4.78 is 0. The highest BCUT2D eigenvalue weighted by Crippen LogP contribution is 2.33. The van der Waals surface area contributed by atoms with E-state index in [2.05, 4.69) is 30.6 Å². The number of carbonyl (C=O) groups is 2. The third-order valence-electron chi connectivity index (χ3n) is 7.52. The number of anilines is 1. The molecule has 206 valence electrons. The van der Waals surface area contributed by atoms with Crippen molar-refractivity contribution in [1.29, 1.82) is 0 Å². The molecule has 0 radical (unpaired) electrons. The van der Waals surface area contributed by atoms with Crippen LogP contribution in [0.4, 0.5) is 5.69 Å². The first-order chi connectivity index (χ1) is 19.4. The summed E-state index contributed by atoms with van der Waals surface area (Å²) in [5.74, 6) is -0.150. The maximum atomic E-state index is 14.1. The maximum absolute atomic E-state index is 14.1. The lowest BCUT2D eigenvalue weighted by Crippen LogP contribution is -2.52. The second-order valence-corrected chi connectivity index (χ2v) is 10.1. The lowest BCUT2D eigenvalue weighted by atomic mass is 9.81. The molecule has 1 aliphatic rings. The van der Waals surface area contributed by atoms with Crippen LogP contribution in [-0.2, 0) is 16.0 Å². The van der Waals surface area contributed by atoms with Crippen LogP contribution in [0.3, 0.4) is 0 Å². The zero-order valence-corrected chi connectivity index (χ0v) is 21.9. The van der Waals surface area contributed by atoms with Gasteiger partial charge < -0.3 is 16.5 Å². The predicted octanol–water partition coefficient (Wildman–Crippen LogP) is 1.81. The highest BCUT2D eigenvalue weighted by Gasteiger charge is 2.36. The van der Waals surface area contributed by atoms with Crippen molar-refractivity contribution in [2.24, 2.45) is 23.3 Å². The van der Waals surface area contributed by atoms with E-state index in [0.29, 0.717) is 42.4 Å². The molecule has 12 nitrogen and oxygen atoms in total. The summed E-state index contributed by atoms with van der Waals surface area (Å²) in [5.41, 5.74) is 15.0.